The number of unbranched alkanes of at least 4 members (excludes halogenated alkanes) is 4. The fourth-order valence-electron chi connectivity index (χ4n) is 8.50. The van der Waals surface area contributed by atoms with Crippen LogP contribution in [0.15, 0.2) is 182 Å². The Hall–Kier alpha value is -5.32. The zero-order chi connectivity index (χ0) is 44.9. The summed E-state index contributed by atoms with van der Waals surface area (Å²) in [6, 6.07) is 64.8. The van der Waals surface area contributed by atoms with Crippen LogP contribution in [0.4, 0.5) is 0 Å². The fraction of sp³-hybridized carbons (Fsp3) is 0.273. The highest BCUT2D eigenvalue weighted by Gasteiger charge is 2.46. The van der Waals surface area contributed by atoms with Crippen LogP contribution in [0.1, 0.15) is 58.3 Å². The van der Waals surface area contributed by atoms with Gasteiger partial charge in [0.2, 0.25) is 5.91 Å². The number of thiocarbonyl (C=S) groups is 1. The molecule has 0 aromatic heterocycles. The number of amides is 1. The van der Waals surface area contributed by atoms with E-state index in [1.807, 2.05) is 0 Å². The third kappa shape index (κ3) is 12.5. The van der Waals surface area contributed by atoms with Gasteiger partial charge in [-0.15, -0.1) is 0 Å². The lowest BCUT2D eigenvalue weighted by Crippen LogP contribution is -2.46. The molecule has 1 amide bonds. The number of hydrogen-bond donors (Lipinski definition) is 1. The standard InChI is InChI=1S/C55H60NO5P2S/c1-55(54(59)56-40-43-64,44-60-52(57)38-22-8-24-41-62(46-26-10-2-11-27-46,47-28-12-3-13-29-47)48-30-14-4-15-31-48)45-61-53(58)39-23-9-25-42-63(49-32-16-5-17-33-49,50-34-18-6-19-35-50)51-36-20-7-21-37-51/h2-7,10-21,26-37,43H,8-9,22-25,38-42,44-45H2,1H3/q+1/p+1. The number of benzene rings is 6. The molecule has 64 heavy (non-hydrogen) atoms. The fourth-order valence-corrected chi connectivity index (χ4v) is 17.4. The van der Waals surface area contributed by atoms with Crippen LogP contribution in [0.5, 0.6) is 0 Å². The number of nitrogens with one attached hydrogen (secondary N) is 1. The molecule has 330 valence electrons. The minimum atomic E-state index is -1.95. The van der Waals surface area contributed by atoms with E-state index >= 15 is 0 Å². The van der Waals surface area contributed by atoms with Gasteiger partial charge in [-0.3, -0.25) is 14.4 Å². The predicted octanol–water partition coefficient (Wildman–Crippen LogP) is 9.30. The molecule has 6 nitrogen and oxygen atoms in total. The van der Waals surface area contributed by atoms with E-state index in [1.54, 1.807) is 6.92 Å². The first-order chi connectivity index (χ1) is 31.3. The van der Waals surface area contributed by atoms with Crippen LogP contribution >= 0.6 is 26.7 Å². The molecule has 1 N–H and O–H groups in total. The molecule has 0 saturated heterocycles. The zero-order valence-corrected chi connectivity index (χ0v) is 39.5. The highest BCUT2D eigenvalue weighted by Crippen LogP contribution is 2.57. The molecule has 9 heteroatoms. The summed E-state index contributed by atoms with van der Waals surface area (Å²) in [4.78, 5) is 39.7. The van der Waals surface area contributed by atoms with Gasteiger partial charge >= 0.3 is 11.9 Å². The van der Waals surface area contributed by atoms with Crippen molar-refractivity contribution >= 4 is 81.8 Å². The number of esters is 2. The number of carbonyl (C=O) groups excluding carboxylic acids is 3. The lowest BCUT2D eigenvalue weighted by molar-refractivity contribution is -0.157. The van der Waals surface area contributed by atoms with Crippen LogP contribution in [-0.2, 0) is 23.9 Å². The van der Waals surface area contributed by atoms with E-state index in [0.29, 0.717) is 12.8 Å². The first-order valence-electron chi connectivity index (χ1n) is 22.4. The number of ether oxygens (including phenoxy) is 2. The van der Waals surface area contributed by atoms with Gasteiger partial charge in [-0.2, -0.15) is 0 Å². The van der Waals surface area contributed by atoms with Crippen molar-refractivity contribution in [2.24, 2.45) is 5.41 Å². The monoisotopic (exact) mass is 909 g/mol. The summed E-state index contributed by atoms with van der Waals surface area (Å²) < 4.78 is 11.5. The van der Waals surface area contributed by atoms with Crippen molar-refractivity contribution in [1.82, 2.24) is 5.32 Å². The minimum absolute atomic E-state index is 0.170. The number of hydrogen-bond acceptors (Lipinski definition) is 6. The van der Waals surface area contributed by atoms with Crippen molar-refractivity contribution in [1.29, 1.82) is 0 Å². The summed E-state index contributed by atoms with van der Waals surface area (Å²) in [6.45, 7) is 1.41. The molecule has 0 aliphatic carbocycles. The minimum Gasteiger partial charge on any atom is -0.464 e. The summed E-state index contributed by atoms with van der Waals surface area (Å²) >= 11 is 4.95. The molecule has 0 aliphatic heterocycles. The van der Waals surface area contributed by atoms with E-state index in [-0.39, 0.29) is 50.4 Å². The van der Waals surface area contributed by atoms with Crippen LogP contribution in [0.2, 0.25) is 0 Å². The Bertz CT molecular complexity index is 1990. The summed E-state index contributed by atoms with van der Waals surface area (Å²) in [5, 5.41) is 12.2. The first kappa shape index (κ1) is 48.1. The molecule has 0 fully saturated rings. The van der Waals surface area contributed by atoms with Crippen LogP contribution in [0.25, 0.3) is 0 Å². The third-order valence-electron chi connectivity index (χ3n) is 11.9. The largest absolute Gasteiger partial charge is 0.464 e. The maximum Gasteiger partial charge on any atom is 0.305 e. The van der Waals surface area contributed by atoms with E-state index < -0.39 is 19.9 Å². The van der Waals surface area contributed by atoms with Gasteiger partial charge < -0.3 is 14.8 Å². The molecule has 0 unspecified atom stereocenters. The van der Waals surface area contributed by atoms with E-state index in [4.69, 9.17) is 21.7 Å². The van der Waals surface area contributed by atoms with Gasteiger partial charge in [-0.25, -0.2) is 0 Å². The smallest absolute Gasteiger partial charge is 0.305 e. The van der Waals surface area contributed by atoms with Gasteiger partial charge in [-0.05, 0) is 124 Å². The molecule has 6 aromatic rings. The van der Waals surface area contributed by atoms with Gasteiger partial charge in [0.05, 0.1) is 12.3 Å². The Morgan fingerprint density at radius 3 is 1.02 bits per heavy atom. The second kappa shape index (κ2) is 24.7. The normalized spacial score (nSPS) is 11.6. The summed E-state index contributed by atoms with van der Waals surface area (Å²) in [5.41, 5.74) is -1.28. The Labute approximate surface area is 386 Å². The van der Waals surface area contributed by atoms with Gasteiger partial charge in [0.25, 0.3) is 0 Å². The lowest BCUT2D eigenvalue weighted by atomic mass is 9.91. The van der Waals surface area contributed by atoms with E-state index in [2.05, 4.69) is 187 Å². The Balaban J connectivity index is 1.00. The maximum absolute atomic E-state index is 13.4. The van der Waals surface area contributed by atoms with Gasteiger partial charge in [0.1, 0.15) is 65.0 Å². The topological polar surface area (TPSA) is 81.7 Å². The Morgan fingerprint density at radius 2 is 0.750 bits per heavy atom. The van der Waals surface area contributed by atoms with Crippen molar-refractivity contribution in [3.63, 3.8) is 0 Å². The highest BCUT2D eigenvalue weighted by atomic mass is 32.1. The second-order valence-electron chi connectivity index (χ2n) is 16.5. The summed E-state index contributed by atoms with van der Waals surface area (Å²) in [5.74, 6) is -1.15. The van der Waals surface area contributed by atoms with Gasteiger partial charge in [-0.1, -0.05) is 121 Å². The van der Waals surface area contributed by atoms with Gasteiger partial charge in [0, 0.05) is 19.4 Å². The molecule has 0 aliphatic rings. The summed E-state index contributed by atoms with van der Waals surface area (Å²) in [6.07, 6.45) is 7.28. The molecule has 0 saturated carbocycles. The summed E-state index contributed by atoms with van der Waals surface area (Å²) in [7, 11) is -3.91. The molecule has 0 heterocycles. The molecule has 0 bridgehead atoms. The molecule has 6 rings (SSSR count). The van der Waals surface area contributed by atoms with E-state index in [1.165, 1.54) is 37.2 Å². The predicted molar refractivity (Wildman–Crippen MR) is 274 cm³/mol. The quantitative estimate of drug-likeness (QED) is 0.0267. The number of rotatable bonds is 25. The maximum atomic E-state index is 13.4. The SMILES string of the molecule is CC(COC(=O)CCCCC[P+](c1ccccc1)(c1ccccc1)c1ccccc1)(COC(=O)CCCCC[P+](c1ccccc1)(c1ccccc1)c1ccccc1)C(=O)NCC=S. The Morgan fingerprint density at radius 1 is 0.469 bits per heavy atom. The lowest BCUT2D eigenvalue weighted by Gasteiger charge is -2.28. The van der Waals surface area contributed by atoms with Crippen LogP contribution in [0, 0.1) is 5.41 Å². The zero-order valence-electron chi connectivity index (χ0n) is 36.9. The van der Waals surface area contributed by atoms with Crippen molar-refractivity contribution in [3.05, 3.63) is 182 Å². The third-order valence-corrected chi connectivity index (χ3v) is 21.1. The van der Waals surface area contributed by atoms with E-state index in [0.717, 1.165) is 38.0 Å². The van der Waals surface area contributed by atoms with Crippen molar-refractivity contribution in [2.75, 3.05) is 32.1 Å². The number of carbonyl (C=O) groups is 3. The van der Waals surface area contributed by atoms with Crippen molar-refractivity contribution in [2.45, 2.75) is 58.3 Å². The van der Waals surface area contributed by atoms with Gasteiger partial charge in [0.15, 0.2) is 0 Å². The van der Waals surface area contributed by atoms with Crippen LogP contribution < -0.4 is 37.1 Å². The van der Waals surface area contributed by atoms with Crippen molar-refractivity contribution in [3.8, 4) is 0 Å². The molecule has 0 atom stereocenters. The van der Waals surface area contributed by atoms with E-state index in [9.17, 15) is 14.4 Å². The molecular formula is C55H61NO5P2S+2. The second-order valence-corrected chi connectivity index (χ2v) is 24.0. The van der Waals surface area contributed by atoms with Crippen LogP contribution in [-0.4, -0.2) is 55.3 Å². The molecule has 0 radical (unpaired) electrons. The molecular weight excluding hydrogens is 849 g/mol. The highest BCUT2D eigenvalue weighted by molar-refractivity contribution is 7.96. The van der Waals surface area contributed by atoms with Crippen molar-refractivity contribution < 1.29 is 23.9 Å². The average molecular weight is 910 g/mol. The van der Waals surface area contributed by atoms with Crippen LogP contribution in [0.3, 0.4) is 0 Å². The first-order valence-corrected chi connectivity index (χ1v) is 26.9. The average Bonchev–Trinajstić information content (AvgIpc) is 3.36. The Kier molecular flexibility index (Phi) is 18.6. The molecule has 0 spiro atoms. The molecule has 6 aromatic carbocycles.